The first-order valence-electron chi connectivity index (χ1n) is 11.8. The number of anilines is 1. The molecule has 8 heteroatoms. The second-order valence-electron chi connectivity index (χ2n) is 8.32. The van der Waals surface area contributed by atoms with Gasteiger partial charge in [0.2, 0.25) is 5.52 Å². The van der Waals surface area contributed by atoms with Crippen LogP contribution in [0.4, 0.5) is 5.69 Å². The van der Waals surface area contributed by atoms with Crippen molar-refractivity contribution in [1.29, 1.82) is 0 Å². The van der Waals surface area contributed by atoms with Gasteiger partial charge in [-0.15, -0.1) is 22.7 Å². The first-order valence-corrected chi connectivity index (χ1v) is 15.8. The van der Waals surface area contributed by atoms with E-state index in [0.717, 1.165) is 31.8 Å². The third-order valence-electron chi connectivity index (χ3n) is 6.16. The Labute approximate surface area is 242 Å². The van der Waals surface area contributed by atoms with E-state index < -0.39 is 0 Å². The molecule has 1 aliphatic rings. The molecule has 0 saturated carbocycles. The number of benzene rings is 2. The van der Waals surface area contributed by atoms with Gasteiger partial charge in [-0.2, -0.15) is 4.57 Å². The van der Waals surface area contributed by atoms with Crippen LogP contribution in [-0.2, 0) is 6.54 Å². The summed E-state index contributed by atoms with van der Waals surface area (Å²) < 4.78 is 5.21. The lowest BCUT2D eigenvalue weighted by atomic mass is 10.1. The van der Waals surface area contributed by atoms with E-state index in [1.54, 1.807) is 45.8 Å². The number of aromatic nitrogens is 1. The summed E-state index contributed by atoms with van der Waals surface area (Å²) in [5.41, 5.74) is 11.6. The van der Waals surface area contributed by atoms with E-state index in [1.165, 1.54) is 41.7 Å². The number of nitrogens with zero attached hydrogens (tertiary/aromatic N) is 2. The molecule has 2 nitrogen and oxygen atoms in total. The summed E-state index contributed by atoms with van der Waals surface area (Å²) in [6, 6.07) is 21.3. The van der Waals surface area contributed by atoms with Crippen molar-refractivity contribution in [3.63, 3.8) is 0 Å². The summed E-state index contributed by atoms with van der Waals surface area (Å²) in [5, 5.41) is 2.23. The van der Waals surface area contributed by atoms with Crippen LogP contribution in [0.15, 0.2) is 82.1 Å². The first kappa shape index (κ1) is 25.1. The molecular formula is C29H21Cl2N2S4+. The minimum Gasteiger partial charge on any atom is -0.328 e. The maximum atomic E-state index is 6.16. The molecule has 4 heterocycles. The minimum absolute atomic E-state index is 0.810. The second-order valence-corrected chi connectivity index (χ2v) is 13.8. The highest BCUT2D eigenvalue weighted by molar-refractivity contribution is 8.03. The number of aryl methyl sites for hydroxylation is 1. The Bertz CT molecular complexity index is 1750. The molecule has 5 aromatic rings. The molecule has 0 bridgehead atoms. The Morgan fingerprint density at radius 2 is 1.57 bits per heavy atom. The van der Waals surface area contributed by atoms with E-state index >= 15 is 0 Å². The lowest BCUT2D eigenvalue weighted by Gasteiger charge is -2.16. The average Bonchev–Trinajstić information content (AvgIpc) is 3.67. The van der Waals surface area contributed by atoms with Gasteiger partial charge < -0.3 is 4.90 Å². The van der Waals surface area contributed by atoms with Crippen LogP contribution >= 0.6 is 69.0 Å². The Hall–Kier alpha value is -2.24. The van der Waals surface area contributed by atoms with E-state index in [9.17, 15) is 0 Å². The van der Waals surface area contributed by atoms with E-state index in [-0.39, 0.29) is 0 Å². The van der Waals surface area contributed by atoms with Crippen LogP contribution in [0, 0.1) is 0 Å². The molecule has 0 spiro atoms. The molecule has 2 aromatic carbocycles. The molecule has 0 aliphatic carbocycles. The van der Waals surface area contributed by atoms with Crippen molar-refractivity contribution in [2.24, 2.45) is 0 Å². The van der Waals surface area contributed by atoms with Gasteiger partial charge in [0.25, 0.3) is 5.01 Å². The highest BCUT2D eigenvalue weighted by atomic mass is 35.5. The van der Waals surface area contributed by atoms with Gasteiger partial charge in [0.05, 0.1) is 20.4 Å². The normalized spacial score (nSPS) is 12.6. The number of thiazole rings is 1. The fraction of sp³-hybridized carbons (Fsp3) is 0.138. The summed E-state index contributed by atoms with van der Waals surface area (Å²) in [4.78, 5) is 5.90. The molecule has 37 heavy (non-hydrogen) atoms. The van der Waals surface area contributed by atoms with E-state index in [4.69, 9.17) is 23.2 Å². The van der Waals surface area contributed by atoms with Crippen LogP contribution in [0.2, 0.25) is 8.67 Å². The van der Waals surface area contributed by atoms with Crippen molar-refractivity contribution in [2.45, 2.75) is 25.3 Å². The van der Waals surface area contributed by atoms with Gasteiger partial charge in [-0.25, -0.2) is 0 Å². The summed E-state index contributed by atoms with van der Waals surface area (Å²) in [6.45, 7) is 6.12. The second kappa shape index (κ2) is 10.5. The maximum Gasteiger partial charge on any atom is 0.271 e. The summed E-state index contributed by atoms with van der Waals surface area (Å²) in [7, 11) is 0. The zero-order chi connectivity index (χ0) is 25.5. The molecule has 6 rings (SSSR count). The zero-order valence-electron chi connectivity index (χ0n) is 20.0. The predicted molar refractivity (Wildman–Crippen MR) is 165 cm³/mol. The Balaban J connectivity index is 1.35. The molecule has 184 valence electrons. The molecule has 0 atom stereocenters. The monoisotopic (exact) mass is 595 g/mol. The summed E-state index contributed by atoms with van der Waals surface area (Å²) in [5.74, 6) is 0. The molecule has 0 radical (unpaired) electrons. The minimum atomic E-state index is 0.810. The lowest BCUT2D eigenvalue weighted by molar-refractivity contribution is -0.665. The number of thioether (sulfide) groups is 1. The molecule has 0 fully saturated rings. The predicted octanol–water partition coefficient (Wildman–Crippen LogP) is 10.2. The van der Waals surface area contributed by atoms with Crippen LogP contribution in [0.3, 0.4) is 0 Å². The molecule has 3 aromatic heterocycles. The molecule has 0 unspecified atom stereocenters. The number of rotatable bonds is 5. The fourth-order valence-corrected chi connectivity index (χ4v) is 8.79. The quantitative estimate of drug-likeness (QED) is 0.147. The van der Waals surface area contributed by atoms with E-state index in [0.29, 0.717) is 0 Å². The van der Waals surface area contributed by atoms with E-state index in [2.05, 4.69) is 89.4 Å². The lowest BCUT2D eigenvalue weighted by Crippen LogP contribution is -2.33. The third kappa shape index (κ3) is 4.85. The van der Waals surface area contributed by atoms with Crippen LogP contribution < -0.4 is 9.47 Å². The van der Waals surface area contributed by atoms with Crippen molar-refractivity contribution in [3.05, 3.63) is 90.8 Å². The average molecular weight is 597 g/mol. The molecular weight excluding hydrogens is 576 g/mol. The van der Waals surface area contributed by atoms with Crippen molar-refractivity contribution in [1.82, 2.24) is 0 Å². The zero-order valence-corrected chi connectivity index (χ0v) is 24.8. The Morgan fingerprint density at radius 3 is 2.22 bits per heavy atom. The summed E-state index contributed by atoms with van der Waals surface area (Å²) in [6.07, 6.45) is 2.05. The Morgan fingerprint density at radius 1 is 0.865 bits per heavy atom. The van der Waals surface area contributed by atoms with Gasteiger partial charge in [0, 0.05) is 27.3 Å². The number of halogens is 2. The third-order valence-corrected chi connectivity index (χ3v) is 10.9. The van der Waals surface area contributed by atoms with Gasteiger partial charge in [0.15, 0.2) is 0 Å². The highest BCUT2D eigenvalue weighted by Crippen LogP contribution is 2.47. The van der Waals surface area contributed by atoms with E-state index in [1.807, 2.05) is 12.1 Å². The highest BCUT2D eigenvalue weighted by Gasteiger charge is 2.24. The van der Waals surface area contributed by atoms with Crippen molar-refractivity contribution < 1.29 is 4.57 Å². The smallest absolute Gasteiger partial charge is 0.271 e. The standard InChI is InChI=1S/C29H21Cl2N2S4/c1-3-32-20-10-8-18(22-12-14-26(30)34-22)16-24(20)36-28(32)6-5-7-29-33(4-2)21-11-9-19(17-25(21)37-29)23-13-15-27(31)35-23/h6,8-17H,3-4H2,1-2H3/q+1. The van der Waals surface area contributed by atoms with Crippen LogP contribution in [0.25, 0.3) is 37.2 Å². The number of hydrogen-bond acceptors (Lipinski definition) is 5. The number of thiophene rings is 2. The SMILES string of the molecule is CCN1C(=C=C=Cc2sc3cc(-c4ccc(Cl)s4)ccc3[n+]2CC)Sc2cc(-c3ccc(Cl)s3)ccc21. The van der Waals surface area contributed by atoms with Crippen LogP contribution in [-0.4, -0.2) is 6.54 Å². The maximum absolute atomic E-state index is 6.16. The molecule has 0 saturated heterocycles. The van der Waals surface area contributed by atoms with Gasteiger partial charge in [-0.1, -0.05) is 58.1 Å². The molecule has 0 amide bonds. The number of hydrogen-bond donors (Lipinski definition) is 0. The van der Waals surface area contributed by atoms with Crippen LogP contribution in [0.1, 0.15) is 18.9 Å². The topological polar surface area (TPSA) is 7.12 Å². The summed E-state index contributed by atoms with van der Waals surface area (Å²) >= 11 is 19.1. The molecule has 1 aliphatic heterocycles. The van der Waals surface area contributed by atoms with Crippen molar-refractivity contribution in [3.8, 4) is 20.9 Å². The first-order chi connectivity index (χ1) is 18.0. The van der Waals surface area contributed by atoms with Crippen LogP contribution in [0.5, 0.6) is 0 Å². The van der Waals surface area contributed by atoms with Crippen molar-refractivity contribution in [2.75, 3.05) is 11.4 Å². The number of fused-ring (bicyclic) bond motifs is 2. The van der Waals surface area contributed by atoms with Gasteiger partial charge in [0.1, 0.15) is 16.3 Å². The van der Waals surface area contributed by atoms with Gasteiger partial charge in [-0.3, -0.25) is 0 Å². The Kier molecular flexibility index (Phi) is 7.11. The molecule has 0 N–H and O–H groups in total. The largest absolute Gasteiger partial charge is 0.328 e. The van der Waals surface area contributed by atoms with Gasteiger partial charge in [-0.05, 0) is 79.2 Å². The van der Waals surface area contributed by atoms with Gasteiger partial charge >= 0.3 is 0 Å². The van der Waals surface area contributed by atoms with Crippen molar-refractivity contribution >= 4 is 91.0 Å². The fourth-order valence-electron chi connectivity index (χ4n) is 4.44.